The summed E-state index contributed by atoms with van der Waals surface area (Å²) in [5.74, 6) is -21.8. The molecule has 0 saturated carbocycles. The van der Waals surface area contributed by atoms with E-state index in [0.717, 1.165) is 39.0 Å². The lowest BCUT2D eigenvalue weighted by atomic mass is 10.0. The molecule has 0 atom stereocenters. The van der Waals surface area contributed by atoms with Crippen molar-refractivity contribution in [1.29, 1.82) is 0 Å². The highest BCUT2D eigenvalue weighted by molar-refractivity contribution is 7.27. The van der Waals surface area contributed by atoms with Gasteiger partial charge in [0.2, 0.25) is 11.6 Å². The molecule has 2 aliphatic rings. The number of halogens is 10. The third kappa shape index (κ3) is 7.87. The second-order valence-electron chi connectivity index (χ2n) is 17.0. The van der Waals surface area contributed by atoms with E-state index in [1.54, 1.807) is 34.8 Å². The predicted octanol–water partition coefficient (Wildman–Crippen LogP) is 19.8. The van der Waals surface area contributed by atoms with Crippen molar-refractivity contribution in [2.24, 2.45) is 0 Å². The van der Waals surface area contributed by atoms with E-state index in [-0.39, 0.29) is 56.0 Å². The summed E-state index contributed by atoms with van der Waals surface area (Å²) < 4.78 is 156. The molecule has 0 unspecified atom stereocenters. The standard InChI is InChI=1S/C56H24F10N4S6/c57-47-45(48(58)52(62)55(65)51(47)61)43-27-9-5-23(67-27)41(39-19-17-37(75-39)35-15-13-33(73-35)31-3-1-21-71-31)24-6-10-28(68-24)44(46-49(59)53(63)56(66)54(64)50(46)60)30-12-8-26(70-30)42(25-7-11-29(43)69-25)40-20-18-38(76-40)36-16-14-34(74-36)32-4-2-22-72-32/h1-22,67,70H. The summed E-state index contributed by atoms with van der Waals surface area (Å²) in [5.41, 5.74) is -3.06. The van der Waals surface area contributed by atoms with E-state index in [2.05, 4.69) is 9.97 Å². The molecule has 0 fully saturated rings. The zero-order chi connectivity index (χ0) is 52.3. The maximum atomic E-state index is 16.3. The van der Waals surface area contributed by atoms with Gasteiger partial charge in [-0.05, 0) is 120 Å². The molecule has 11 heterocycles. The summed E-state index contributed by atoms with van der Waals surface area (Å²) in [4.78, 5) is 24.5. The van der Waals surface area contributed by atoms with Crippen molar-refractivity contribution in [3.05, 3.63) is 189 Å². The first-order valence-corrected chi connectivity index (χ1v) is 27.5. The molecule has 4 nitrogen and oxygen atoms in total. The Hall–Kier alpha value is -7.46. The smallest absolute Gasteiger partial charge is 0.200 e. The van der Waals surface area contributed by atoms with Crippen molar-refractivity contribution < 1.29 is 43.9 Å². The van der Waals surface area contributed by atoms with E-state index in [0.29, 0.717) is 9.75 Å². The van der Waals surface area contributed by atoms with Gasteiger partial charge in [0.25, 0.3) is 0 Å². The fourth-order valence-corrected chi connectivity index (χ4v) is 15.2. The molecule has 374 valence electrons. The molecule has 0 amide bonds. The molecule has 13 rings (SSSR count). The van der Waals surface area contributed by atoms with Crippen molar-refractivity contribution in [2.45, 2.75) is 0 Å². The minimum atomic E-state index is -2.35. The van der Waals surface area contributed by atoms with Gasteiger partial charge in [-0.3, -0.25) is 0 Å². The van der Waals surface area contributed by atoms with Gasteiger partial charge in [-0.1, -0.05) is 12.1 Å². The first kappa shape index (κ1) is 48.2. The predicted molar refractivity (Wildman–Crippen MR) is 289 cm³/mol. The van der Waals surface area contributed by atoms with Crippen LogP contribution in [0, 0.1) is 58.2 Å². The van der Waals surface area contributed by atoms with Crippen LogP contribution in [0.4, 0.5) is 43.9 Å². The Bertz CT molecular complexity index is 4100. The number of H-pyrrole nitrogens is 2. The van der Waals surface area contributed by atoms with E-state index in [1.807, 2.05) is 71.4 Å². The largest absolute Gasteiger partial charge is 0.354 e. The van der Waals surface area contributed by atoms with Gasteiger partial charge < -0.3 is 9.97 Å². The number of rotatable bonds is 8. The average molecular weight is 1140 g/mol. The Kier molecular flexibility index (Phi) is 11.8. The number of aromatic amines is 2. The monoisotopic (exact) mass is 1130 g/mol. The van der Waals surface area contributed by atoms with E-state index < -0.39 is 80.4 Å². The third-order valence-electron chi connectivity index (χ3n) is 12.6. The van der Waals surface area contributed by atoms with Crippen molar-refractivity contribution in [2.75, 3.05) is 0 Å². The lowest BCUT2D eigenvalue weighted by molar-refractivity contribution is 0.381. The van der Waals surface area contributed by atoms with Crippen molar-refractivity contribution in [3.63, 3.8) is 0 Å². The molecule has 2 aliphatic heterocycles. The summed E-state index contributed by atoms with van der Waals surface area (Å²) in [7, 11) is 0. The van der Waals surface area contributed by atoms with Crippen LogP contribution in [0.25, 0.3) is 129 Å². The lowest BCUT2D eigenvalue weighted by Gasteiger charge is -2.10. The third-order valence-corrected chi connectivity index (χ3v) is 19.5. The zero-order valence-corrected chi connectivity index (χ0v) is 42.7. The number of aromatic nitrogens is 4. The van der Waals surface area contributed by atoms with Crippen LogP contribution in [0.2, 0.25) is 0 Å². The van der Waals surface area contributed by atoms with Crippen LogP contribution in [-0.4, -0.2) is 19.9 Å². The number of fused-ring (bicyclic) bond motifs is 8. The van der Waals surface area contributed by atoms with Gasteiger partial charge in [0.05, 0.1) is 33.9 Å². The molecular weight excluding hydrogens is 1110 g/mol. The van der Waals surface area contributed by atoms with Gasteiger partial charge in [-0.2, -0.15) is 0 Å². The number of benzene rings is 2. The molecule has 2 aromatic carbocycles. The van der Waals surface area contributed by atoms with Gasteiger partial charge in [-0.25, -0.2) is 53.9 Å². The molecule has 8 bridgehead atoms. The Balaban J connectivity index is 1.13. The molecule has 11 aromatic rings. The van der Waals surface area contributed by atoms with Gasteiger partial charge in [0, 0.05) is 93.1 Å². The maximum Gasteiger partial charge on any atom is 0.200 e. The molecule has 0 saturated heterocycles. The fraction of sp³-hybridized carbons (Fsp3) is 0. The summed E-state index contributed by atoms with van der Waals surface area (Å²) in [6.07, 6.45) is 5.64. The van der Waals surface area contributed by atoms with Gasteiger partial charge >= 0.3 is 0 Å². The number of nitrogens with one attached hydrogen (secondary N) is 2. The summed E-state index contributed by atoms with van der Waals surface area (Å²) in [5, 5.41) is 3.93. The number of hydrogen-bond acceptors (Lipinski definition) is 8. The second-order valence-corrected chi connectivity index (χ2v) is 23.2. The number of thiophene rings is 6. The highest BCUT2D eigenvalue weighted by Crippen LogP contribution is 2.48. The topological polar surface area (TPSA) is 57.4 Å². The Morgan fingerprint density at radius 2 is 0.526 bits per heavy atom. The molecule has 76 heavy (non-hydrogen) atoms. The highest BCUT2D eigenvalue weighted by atomic mass is 32.1. The SMILES string of the molecule is Fc1c(F)c(F)c(-c2c3nc(c(-c4ccc(-c5ccc(-c6cccs6)s5)s4)c4ccc([nH]4)c(-c4c(F)c(F)c(F)c(F)c4F)c4nc(c(-c5ccc(-c6ccc(-c7cccs7)s6)s5)c5ccc2[nH]5)C=C4)C=C3)c(F)c1F. The van der Waals surface area contributed by atoms with E-state index >= 15 is 35.1 Å². The normalized spacial score (nSPS) is 12.2. The molecule has 9 aromatic heterocycles. The van der Waals surface area contributed by atoms with Crippen LogP contribution in [0.1, 0.15) is 22.8 Å². The summed E-state index contributed by atoms with van der Waals surface area (Å²) in [6, 6.07) is 28.8. The minimum Gasteiger partial charge on any atom is -0.354 e. The van der Waals surface area contributed by atoms with E-state index in [1.165, 1.54) is 93.9 Å². The first-order chi connectivity index (χ1) is 36.8. The average Bonchev–Trinajstić information content (AvgIpc) is 4.27. The van der Waals surface area contributed by atoms with Gasteiger partial charge in [0.1, 0.15) is 0 Å². The molecule has 20 heteroatoms. The highest BCUT2D eigenvalue weighted by Gasteiger charge is 2.32. The zero-order valence-electron chi connectivity index (χ0n) is 37.8. The van der Waals surface area contributed by atoms with Crippen LogP contribution in [-0.2, 0) is 0 Å². The van der Waals surface area contributed by atoms with Crippen LogP contribution in [0.5, 0.6) is 0 Å². The van der Waals surface area contributed by atoms with E-state index in [4.69, 9.17) is 9.97 Å². The van der Waals surface area contributed by atoms with Crippen molar-refractivity contribution >= 4 is 114 Å². The summed E-state index contributed by atoms with van der Waals surface area (Å²) in [6.45, 7) is 0. The maximum absolute atomic E-state index is 16.3. The van der Waals surface area contributed by atoms with Gasteiger partial charge in [0.15, 0.2) is 46.5 Å². The quantitative estimate of drug-likeness (QED) is 0.0905. The van der Waals surface area contributed by atoms with Crippen LogP contribution in [0.15, 0.2) is 108 Å². The molecular formula is C56H24F10N4S6. The summed E-state index contributed by atoms with van der Waals surface area (Å²) >= 11 is 8.85. The molecule has 2 N–H and O–H groups in total. The van der Waals surface area contributed by atoms with Crippen molar-refractivity contribution in [3.8, 4) is 82.2 Å². The molecule has 0 spiro atoms. The van der Waals surface area contributed by atoms with Crippen LogP contribution in [0.3, 0.4) is 0 Å². The lowest BCUT2D eigenvalue weighted by Crippen LogP contribution is -2.05. The Morgan fingerprint density at radius 1 is 0.263 bits per heavy atom. The Labute approximate surface area is 446 Å². The number of nitrogens with zero attached hydrogens (tertiary/aromatic N) is 2. The van der Waals surface area contributed by atoms with Gasteiger partial charge in [-0.15, -0.1) is 68.0 Å². The van der Waals surface area contributed by atoms with Crippen LogP contribution < -0.4 is 0 Å². The molecule has 0 radical (unpaired) electrons. The Morgan fingerprint density at radius 3 is 0.842 bits per heavy atom. The van der Waals surface area contributed by atoms with E-state index in [9.17, 15) is 8.78 Å². The van der Waals surface area contributed by atoms with Crippen molar-refractivity contribution in [1.82, 2.24) is 19.9 Å². The molecule has 0 aliphatic carbocycles. The van der Waals surface area contributed by atoms with Crippen LogP contribution >= 0.6 is 68.0 Å². The minimum absolute atomic E-state index is 0.100. The second kappa shape index (κ2) is 18.7. The fourth-order valence-electron chi connectivity index (χ4n) is 9.15. The number of hydrogen-bond donors (Lipinski definition) is 2. The first-order valence-electron chi connectivity index (χ1n) is 22.5.